The van der Waals surface area contributed by atoms with Gasteiger partial charge in [-0.3, -0.25) is 14.4 Å². The molecule has 0 fully saturated rings. The first-order valence-corrected chi connectivity index (χ1v) is 9.19. The average Bonchev–Trinajstić information content (AvgIpc) is 2.72. The molecule has 8 nitrogen and oxygen atoms in total. The van der Waals surface area contributed by atoms with Gasteiger partial charge in [0.15, 0.2) is 0 Å². The van der Waals surface area contributed by atoms with Gasteiger partial charge in [0.25, 0.3) is 21.8 Å². The van der Waals surface area contributed by atoms with Crippen LogP contribution in [0.15, 0.2) is 23.1 Å². The zero-order valence-corrected chi connectivity index (χ0v) is 15.1. The Morgan fingerprint density at radius 1 is 1.16 bits per heavy atom. The molecule has 0 aliphatic carbocycles. The molecular weight excluding hydrogens is 348 g/mol. The Kier molecular flexibility index (Phi) is 4.90. The van der Waals surface area contributed by atoms with E-state index in [1.165, 1.54) is 19.1 Å². The van der Waals surface area contributed by atoms with Gasteiger partial charge in [-0.2, -0.15) is 0 Å². The molecule has 1 aliphatic rings. The molecule has 2 atom stereocenters. The zero-order valence-electron chi connectivity index (χ0n) is 14.3. The Balaban J connectivity index is 2.35. The molecule has 9 heteroatoms. The third kappa shape index (κ3) is 3.23. The maximum atomic E-state index is 12.5. The van der Waals surface area contributed by atoms with Crippen molar-refractivity contribution in [2.24, 2.45) is 5.92 Å². The number of hydrogen-bond donors (Lipinski definition) is 2. The maximum absolute atomic E-state index is 12.5. The second kappa shape index (κ2) is 6.47. The number of amides is 2. The van der Waals surface area contributed by atoms with Crippen LogP contribution in [0.3, 0.4) is 0 Å². The Labute approximate surface area is 145 Å². The van der Waals surface area contributed by atoms with E-state index >= 15 is 0 Å². The van der Waals surface area contributed by atoms with Gasteiger partial charge in [-0.05, 0) is 45.9 Å². The van der Waals surface area contributed by atoms with Gasteiger partial charge in [0.1, 0.15) is 4.90 Å². The lowest BCUT2D eigenvalue weighted by molar-refractivity contribution is -0.141. The second-order valence-corrected chi connectivity index (χ2v) is 8.08. The largest absolute Gasteiger partial charge is 0.481 e. The summed E-state index contributed by atoms with van der Waals surface area (Å²) < 4.78 is 25.8. The van der Waals surface area contributed by atoms with Crippen LogP contribution in [-0.4, -0.2) is 47.7 Å². The van der Waals surface area contributed by atoms with Gasteiger partial charge in [-0.1, -0.05) is 0 Å². The van der Waals surface area contributed by atoms with Gasteiger partial charge >= 0.3 is 5.97 Å². The number of carbonyl (C=O) groups excluding carboxylic acids is 2. The highest BCUT2D eigenvalue weighted by Crippen LogP contribution is 2.32. The van der Waals surface area contributed by atoms with Crippen molar-refractivity contribution in [1.82, 2.24) is 9.62 Å². The summed E-state index contributed by atoms with van der Waals surface area (Å²) in [6, 6.07) is 2.61. The van der Waals surface area contributed by atoms with Crippen LogP contribution < -0.4 is 5.32 Å². The highest BCUT2D eigenvalue weighted by molar-refractivity contribution is 7.90. The van der Waals surface area contributed by atoms with E-state index in [2.05, 4.69) is 5.32 Å². The molecule has 0 bridgehead atoms. The van der Waals surface area contributed by atoms with Crippen LogP contribution in [0.25, 0.3) is 0 Å². The molecule has 2 unspecified atom stereocenters. The van der Waals surface area contributed by atoms with E-state index in [-0.39, 0.29) is 16.0 Å². The van der Waals surface area contributed by atoms with Crippen molar-refractivity contribution >= 4 is 27.8 Å². The monoisotopic (exact) mass is 368 g/mol. The van der Waals surface area contributed by atoms with Crippen molar-refractivity contribution in [2.45, 2.75) is 44.7 Å². The van der Waals surface area contributed by atoms with Crippen molar-refractivity contribution < 1.29 is 27.9 Å². The van der Waals surface area contributed by atoms with Crippen LogP contribution in [0.2, 0.25) is 0 Å². The summed E-state index contributed by atoms with van der Waals surface area (Å²) in [7, 11) is -4.00. The third-order valence-corrected chi connectivity index (χ3v) is 6.18. The van der Waals surface area contributed by atoms with Crippen LogP contribution in [0, 0.1) is 5.92 Å². The van der Waals surface area contributed by atoms with Crippen molar-refractivity contribution in [3.8, 4) is 0 Å². The Morgan fingerprint density at radius 2 is 1.76 bits per heavy atom. The topological polar surface area (TPSA) is 121 Å². The minimum Gasteiger partial charge on any atom is -0.481 e. The predicted molar refractivity (Wildman–Crippen MR) is 88.7 cm³/mol. The summed E-state index contributed by atoms with van der Waals surface area (Å²) in [5, 5.41) is 11.5. The quantitative estimate of drug-likeness (QED) is 0.802. The van der Waals surface area contributed by atoms with Crippen molar-refractivity contribution in [3.63, 3.8) is 0 Å². The standard InChI is InChI=1S/C16H20N2O6S/c1-8(2)18-15(20)12-6-5-11(7-13(12)25(18,23)24)14(19)17-10(4)9(3)16(21)22/h5-10H,1-4H3,(H,17,19)(H,21,22). The molecular formula is C16H20N2O6S. The molecule has 0 spiro atoms. The molecule has 0 saturated carbocycles. The normalized spacial score (nSPS) is 18.0. The van der Waals surface area contributed by atoms with E-state index in [4.69, 9.17) is 5.11 Å². The molecule has 136 valence electrons. The maximum Gasteiger partial charge on any atom is 0.308 e. The summed E-state index contributed by atoms with van der Waals surface area (Å²) in [4.78, 5) is 35.3. The van der Waals surface area contributed by atoms with Crippen LogP contribution in [-0.2, 0) is 14.8 Å². The van der Waals surface area contributed by atoms with Crippen LogP contribution in [0.1, 0.15) is 48.4 Å². The molecule has 1 aromatic carbocycles. The number of fused-ring (bicyclic) bond motifs is 1. The fourth-order valence-corrected chi connectivity index (χ4v) is 4.32. The smallest absolute Gasteiger partial charge is 0.308 e. The van der Waals surface area contributed by atoms with Gasteiger partial charge < -0.3 is 10.4 Å². The first-order chi connectivity index (χ1) is 11.5. The van der Waals surface area contributed by atoms with Gasteiger partial charge in [0.05, 0.1) is 11.5 Å². The number of rotatable bonds is 5. The molecule has 0 saturated heterocycles. The molecule has 2 N–H and O–H groups in total. The van der Waals surface area contributed by atoms with E-state index < -0.39 is 45.8 Å². The van der Waals surface area contributed by atoms with E-state index in [9.17, 15) is 22.8 Å². The molecule has 25 heavy (non-hydrogen) atoms. The van der Waals surface area contributed by atoms with Gasteiger partial charge in [0, 0.05) is 17.6 Å². The van der Waals surface area contributed by atoms with E-state index in [0.29, 0.717) is 0 Å². The predicted octanol–water partition coefficient (Wildman–Crippen LogP) is 1.08. The lowest BCUT2D eigenvalue weighted by Gasteiger charge is -2.19. The number of aliphatic carboxylic acids is 1. The van der Waals surface area contributed by atoms with Crippen molar-refractivity contribution in [3.05, 3.63) is 29.3 Å². The van der Waals surface area contributed by atoms with Gasteiger partial charge in [-0.25, -0.2) is 12.7 Å². The summed E-state index contributed by atoms with van der Waals surface area (Å²) in [6.07, 6.45) is 0. The second-order valence-electron chi connectivity index (χ2n) is 6.30. The summed E-state index contributed by atoms with van der Waals surface area (Å²) >= 11 is 0. The van der Waals surface area contributed by atoms with Crippen LogP contribution in [0.4, 0.5) is 0 Å². The molecule has 1 aliphatic heterocycles. The summed E-state index contributed by atoms with van der Waals surface area (Å²) in [5.41, 5.74) is 0.0716. The fraction of sp³-hybridized carbons (Fsp3) is 0.438. The zero-order chi connectivity index (χ0) is 19.1. The Hall–Kier alpha value is -2.42. The molecule has 2 rings (SSSR count). The highest BCUT2D eigenvalue weighted by atomic mass is 32.2. The number of benzene rings is 1. The number of carboxylic acids is 1. The molecule has 0 radical (unpaired) electrons. The lowest BCUT2D eigenvalue weighted by Crippen LogP contribution is -2.40. The summed E-state index contributed by atoms with van der Waals surface area (Å²) in [6.45, 7) is 6.18. The third-order valence-electron chi connectivity index (χ3n) is 4.18. The Morgan fingerprint density at radius 3 is 2.28 bits per heavy atom. The number of carboxylic acid groups (broad SMARTS) is 1. The minimum absolute atomic E-state index is 0.0252. The average molecular weight is 368 g/mol. The number of nitrogens with zero attached hydrogens (tertiary/aromatic N) is 1. The van der Waals surface area contributed by atoms with Gasteiger partial charge in [0.2, 0.25) is 0 Å². The van der Waals surface area contributed by atoms with E-state index in [1.807, 2.05) is 0 Å². The van der Waals surface area contributed by atoms with Crippen molar-refractivity contribution in [1.29, 1.82) is 0 Å². The number of sulfonamides is 1. The van der Waals surface area contributed by atoms with E-state index in [0.717, 1.165) is 10.4 Å². The van der Waals surface area contributed by atoms with E-state index in [1.54, 1.807) is 20.8 Å². The molecule has 1 heterocycles. The summed E-state index contributed by atoms with van der Waals surface area (Å²) in [5.74, 6) is -3.08. The first-order valence-electron chi connectivity index (χ1n) is 7.75. The fourth-order valence-electron chi connectivity index (χ4n) is 2.53. The molecule has 1 aromatic rings. The van der Waals surface area contributed by atoms with Crippen LogP contribution >= 0.6 is 0 Å². The lowest BCUT2D eigenvalue weighted by atomic mass is 10.0. The van der Waals surface area contributed by atoms with Crippen LogP contribution in [0.5, 0.6) is 0 Å². The van der Waals surface area contributed by atoms with Crippen molar-refractivity contribution in [2.75, 3.05) is 0 Å². The van der Waals surface area contributed by atoms with Gasteiger partial charge in [-0.15, -0.1) is 0 Å². The minimum atomic E-state index is -4.00. The first kappa shape index (κ1) is 18.9. The molecule has 0 aromatic heterocycles. The number of carbonyl (C=O) groups is 3. The SMILES string of the molecule is CC(NC(=O)c1ccc2c(c1)S(=O)(=O)N(C(C)C)C2=O)C(C)C(=O)O. The number of hydrogen-bond acceptors (Lipinski definition) is 5. The Bertz CT molecular complexity index is 846. The highest BCUT2D eigenvalue weighted by Gasteiger charge is 2.43. The molecule has 2 amide bonds. The number of nitrogens with one attached hydrogen (secondary N) is 1.